The van der Waals surface area contributed by atoms with E-state index in [1.165, 1.54) is 11.3 Å². The Kier molecular flexibility index (Phi) is 4.07. The van der Waals surface area contributed by atoms with E-state index in [9.17, 15) is 0 Å². The molecule has 0 aliphatic carbocycles. The van der Waals surface area contributed by atoms with Gasteiger partial charge in [0.05, 0.1) is 10.0 Å². The van der Waals surface area contributed by atoms with Crippen molar-refractivity contribution in [1.29, 1.82) is 0 Å². The second kappa shape index (κ2) is 6.02. The Balaban J connectivity index is 1.69. The van der Waals surface area contributed by atoms with E-state index in [0.29, 0.717) is 27.1 Å². The Morgan fingerprint density at radius 1 is 1.24 bits per heavy atom. The number of hydrogen-bond acceptors (Lipinski definition) is 6. The van der Waals surface area contributed by atoms with Gasteiger partial charge in [-0.2, -0.15) is 4.52 Å². The number of piperidine rings is 1. The van der Waals surface area contributed by atoms with Crippen molar-refractivity contribution in [3.63, 3.8) is 0 Å². The molecule has 0 bridgehead atoms. The van der Waals surface area contributed by atoms with Crippen molar-refractivity contribution in [3.05, 3.63) is 28.2 Å². The Hall–Kier alpha value is -1.54. The number of nitrogens with two attached hydrogens (primary N) is 2. The van der Waals surface area contributed by atoms with Gasteiger partial charge in [0.2, 0.25) is 10.1 Å². The summed E-state index contributed by atoms with van der Waals surface area (Å²) >= 11 is 13.9. The second-order valence-electron chi connectivity index (χ2n) is 6.67. The summed E-state index contributed by atoms with van der Waals surface area (Å²) in [4.78, 5) is 7.60. The van der Waals surface area contributed by atoms with E-state index in [0.717, 1.165) is 36.0 Å². The summed E-state index contributed by atoms with van der Waals surface area (Å²) < 4.78 is 1.67. The van der Waals surface area contributed by atoms with E-state index < -0.39 is 0 Å². The summed E-state index contributed by atoms with van der Waals surface area (Å²) in [6.07, 6.45) is 1.88. The summed E-state index contributed by atoms with van der Waals surface area (Å²) in [7, 11) is 0. The Morgan fingerprint density at radius 3 is 2.64 bits per heavy atom. The highest BCUT2D eigenvalue weighted by molar-refractivity contribution is 7.20. The molecular formula is C16H18Cl2N6S. The summed E-state index contributed by atoms with van der Waals surface area (Å²) in [6.45, 7) is 3.87. The Morgan fingerprint density at radius 2 is 1.96 bits per heavy atom. The molecule has 25 heavy (non-hydrogen) atoms. The molecule has 9 heteroatoms. The fraction of sp³-hybridized carbons (Fsp3) is 0.375. The number of anilines is 2. The van der Waals surface area contributed by atoms with Crippen molar-refractivity contribution < 1.29 is 0 Å². The van der Waals surface area contributed by atoms with Crippen LogP contribution in [0.25, 0.3) is 16.2 Å². The SMILES string of the molecule is CC1(N)CCN(c2nn3c(N)c(-c4cccc(Cl)c4Cl)nc3s2)CC1. The van der Waals surface area contributed by atoms with Crippen molar-refractivity contribution in [2.45, 2.75) is 25.3 Å². The zero-order valence-corrected chi connectivity index (χ0v) is 16.0. The molecule has 132 valence electrons. The smallest absolute Gasteiger partial charge is 0.216 e. The first kappa shape index (κ1) is 16.9. The first-order valence-electron chi connectivity index (χ1n) is 7.99. The first-order chi connectivity index (χ1) is 11.9. The minimum absolute atomic E-state index is 0.0938. The summed E-state index contributed by atoms with van der Waals surface area (Å²) in [6, 6.07) is 5.41. The average Bonchev–Trinajstić information content (AvgIpc) is 3.10. The van der Waals surface area contributed by atoms with E-state index in [1.807, 2.05) is 12.1 Å². The Labute approximate surface area is 159 Å². The van der Waals surface area contributed by atoms with Crippen molar-refractivity contribution >= 4 is 50.4 Å². The summed E-state index contributed by atoms with van der Waals surface area (Å²) in [5.74, 6) is 0.460. The van der Waals surface area contributed by atoms with Crippen LogP contribution in [0.2, 0.25) is 10.0 Å². The molecule has 0 unspecified atom stereocenters. The molecule has 3 heterocycles. The molecule has 1 aromatic carbocycles. The third-order valence-electron chi connectivity index (χ3n) is 4.61. The number of halogens is 2. The van der Waals surface area contributed by atoms with Crippen LogP contribution in [0.15, 0.2) is 18.2 Å². The van der Waals surface area contributed by atoms with Crippen molar-refractivity contribution in [3.8, 4) is 11.3 Å². The van der Waals surface area contributed by atoms with Gasteiger partial charge in [0.1, 0.15) is 5.69 Å². The van der Waals surface area contributed by atoms with Gasteiger partial charge in [-0.05, 0) is 25.8 Å². The van der Waals surface area contributed by atoms with Crippen LogP contribution in [0, 0.1) is 0 Å². The third-order valence-corrected chi connectivity index (χ3v) is 6.40. The lowest BCUT2D eigenvalue weighted by Gasteiger charge is -2.36. The molecule has 0 saturated carbocycles. The van der Waals surface area contributed by atoms with Gasteiger partial charge >= 0.3 is 0 Å². The van der Waals surface area contributed by atoms with E-state index in [4.69, 9.17) is 34.7 Å². The van der Waals surface area contributed by atoms with Crippen LogP contribution in [-0.2, 0) is 0 Å². The number of rotatable bonds is 2. The number of nitrogens with zero attached hydrogens (tertiary/aromatic N) is 4. The predicted molar refractivity (Wildman–Crippen MR) is 105 cm³/mol. The number of benzene rings is 1. The molecule has 0 atom stereocenters. The van der Waals surface area contributed by atoms with E-state index in [-0.39, 0.29) is 5.54 Å². The zero-order valence-electron chi connectivity index (χ0n) is 13.7. The highest BCUT2D eigenvalue weighted by Gasteiger charge is 2.28. The molecule has 4 N–H and O–H groups in total. The molecule has 0 amide bonds. The first-order valence-corrected chi connectivity index (χ1v) is 9.56. The van der Waals surface area contributed by atoms with Gasteiger partial charge in [-0.1, -0.05) is 46.7 Å². The van der Waals surface area contributed by atoms with Crippen LogP contribution in [0.3, 0.4) is 0 Å². The fourth-order valence-corrected chi connectivity index (χ4v) is 4.33. The zero-order chi connectivity index (χ0) is 17.8. The lowest BCUT2D eigenvalue weighted by molar-refractivity contribution is 0.363. The van der Waals surface area contributed by atoms with Gasteiger partial charge in [0, 0.05) is 24.2 Å². The van der Waals surface area contributed by atoms with Gasteiger partial charge in [0.25, 0.3) is 0 Å². The minimum atomic E-state index is -0.0938. The third kappa shape index (κ3) is 2.95. The number of hydrogen-bond donors (Lipinski definition) is 2. The highest BCUT2D eigenvalue weighted by atomic mass is 35.5. The summed E-state index contributed by atoms with van der Waals surface area (Å²) in [5, 5.41) is 6.47. The molecule has 0 spiro atoms. The molecule has 4 rings (SSSR count). The number of aromatic nitrogens is 3. The normalized spacial score (nSPS) is 17.4. The number of imidazole rings is 1. The molecular weight excluding hydrogens is 379 g/mol. The van der Waals surface area contributed by atoms with Gasteiger partial charge in [0.15, 0.2) is 5.82 Å². The Bertz CT molecular complexity index is 938. The maximum absolute atomic E-state index is 6.30. The van der Waals surface area contributed by atoms with Gasteiger partial charge < -0.3 is 16.4 Å². The molecule has 1 fully saturated rings. The van der Waals surface area contributed by atoms with Gasteiger partial charge in [-0.15, -0.1) is 5.10 Å². The topological polar surface area (TPSA) is 85.5 Å². The van der Waals surface area contributed by atoms with Crippen molar-refractivity contribution in [2.75, 3.05) is 23.7 Å². The lowest BCUT2D eigenvalue weighted by Crippen LogP contribution is -2.48. The van der Waals surface area contributed by atoms with Crippen LogP contribution in [0.5, 0.6) is 0 Å². The van der Waals surface area contributed by atoms with Crippen LogP contribution < -0.4 is 16.4 Å². The van der Waals surface area contributed by atoms with Crippen LogP contribution in [0.1, 0.15) is 19.8 Å². The van der Waals surface area contributed by atoms with Crippen molar-refractivity contribution in [2.24, 2.45) is 5.73 Å². The average molecular weight is 397 g/mol. The maximum atomic E-state index is 6.30. The highest BCUT2D eigenvalue weighted by Crippen LogP contribution is 2.38. The largest absolute Gasteiger partial charge is 0.382 e. The monoisotopic (exact) mass is 396 g/mol. The quantitative estimate of drug-likeness (QED) is 0.689. The number of nitrogen functional groups attached to an aromatic ring is 1. The molecule has 3 aromatic rings. The lowest BCUT2D eigenvalue weighted by atomic mass is 9.91. The van der Waals surface area contributed by atoms with Crippen LogP contribution >= 0.6 is 34.5 Å². The van der Waals surface area contributed by atoms with Crippen LogP contribution in [-0.4, -0.2) is 33.2 Å². The molecule has 1 aliphatic rings. The molecule has 1 saturated heterocycles. The maximum Gasteiger partial charge on any atom is 0.216 e. The van der Waals surface area contributed by atoms with E-state index in [2.05, 4.69) is 21.9 Å². The van der Waals surface area contributed by atoms with Crippen LogP contribution in [0.4, 0.5) is 10.9 Å². The predicted octanol–water partition coefficient (Wildman–Crippen LogP) is 3.66. The van der Waals surface area contributed by atoms with Gasteiger partial charge in [-0.3, -0.25) is 0 Å². The molecule has 0 radical (unpaired) electrons. The number of fused-ring (bicyclic) bond motifs is 1. The van der Waals surface area contributed by atoms with Gasteiger partial charge in [-0.25, -0.2) is 4.98 Å². The second-order valence-corrected chi connectivity index (χ2v) is 8.39. The van der Waals surface area contributed by atoms with E-state index >= 15 is 0 Å². The minimum Gasteiger partial charge on any atom is -0.382 e. The standard InChI is InChI=1S/C16H18Cl2N6S/c1-16(20)5-7-23(8-6-16)15-22-24-13(19)12(21-14(24)25-15)9-3-2-4-10(17)11(9)18/h2-4H,5-8,19-20H2,1H3. The fourth-order valence-electron chi connectivity index (χ4n) is 2.98. The summed E-state index contributed by atoms with van der Waals surface area (Å²) in [5.41, 5.74) is 13.7. The van der Waals surface area contributed by atoms with Crippen molar-refractivity contribution in [1.82, 2.24) is 14.6 Å². The molecule has 1 aliphatic heterocycles. The van der Waals surface area contributed by atoms with E-state index in [1.54, 1.807) is 10.6 Å². The molecule has 2 aromatic heterocycles. The molecule has 6 nitrogen and oxygen atoms in total.